The standard InChI is InChI=1S/C18H22N2O3S2/c1-25(22,23)14-15-4-6-16(7-5-15)18(21)20-10-8-19(9-11-20)13-17-3-2-12-24-17/h2-7,12H,8-11,13-14H2,1H3. The molecule has 1 aromatic heterocycles. The van der Waals surface area contributed by atoms with Crippen LogP contribution in [0.3, 0.4) is 0 Å². The molecule has 0 saturated carbocycles. The lowest BCUT2D eigenvalue weighted by Gasteiger charge is -2.34. The van der Waals surface area contributed by atoms with Crippen molar-refractivity contribution in [2.75, 3.05) is 32.4 Å². The Hall–Kier alpha value is -1.70. The Balaban J connectivity index is 1.55. The number of nitrogens with zero attached hydrogens (tertiary/aromatic N) is 2. The monoisotopic (exact) mass is 378 g/mol. The molecule has 0 bridgehead atoms. The van der Waals surface area contributed by atoms with Gasteiger partial charge in [0.15, 0.2) is 9.84 Å². The van der Waals surface area contributed by atoms with Gasteiger partial charge < -0.3 is 4.90 Å². The second-order valence-corrected chi connectivity index (χ2v) is 9.59. The van der Waals surface area contributed by atoms with E-state index in [2.05, 4.69) is 22.4 Å². The van der Waals surface area contributed by atoms with Gasteiger partial charge in [0.25, 0.3) is 5.91 Å². The fourth-order valence-electron chi connectivity index (χ4n) is 2.96. The molecule has 2 heterocycles. The number of sulfone groups is 1. The smallest absolute Gasteiger partial charge is 0.253 e. The number of benzene rings is 1. The highest BCUT2D eigenvalue weighted by Gasteiger charge is 2.22. The zero-order valence-electron chi connectivity index (χ0n) is 14.2. The number of hydrogen-bond donors (Lipinski definition) is 0. The molecule has 2 aromatic rings. The Morgan fingerprint density at radius 2 is 1.76 bits per heavy atom. The number of hydrogen-bond acceptors (Lipinski definition) is 5. The first-order chi connectivity index (χ1) is 11.9. The predicted octanol–water partition coefficient (Wildman–Crippen LogP) is 2.25. The molecule has 0 aliphatic carbocycles. The number of thiophene rings is 1. The largest absolute Gasteiger partial charge is 0.336 e. The summed E-state index contributed by atoms with van der Waals surface area (Å²) in [6.07, 6.45) is 1.21. The van der Waals surface area contributed by atoms with E-state index in [9.17, 15) is 13.2 Å². The maximum absolute atomic E-state index is 12.6. The summed E-state index contributed by atoms with van der Waals surface area (Å²) in [5.74, 6) is 0.0183. The zero-order valence-corrected chi connectivity index (χ0v) is 15.9. The first-order valence-corrected chi connectivity index (χ1v) is 11.2. The van der Waals surface area contributed by atoms with Gasteiger partial charge in [0, 0.05) is 49.4 Å². The summed E-state index contributed by atoms with van der Waals surface area (Å²) in [6.45, 7) is 4.12. The van der Waals surface area contributed by atoms with Gasteiger partial charge >= 0.3 is 0 Å². The Labute approximate surface area is 152 Å². The number of amides is 1. The second kappa shape index (κ2) is 7.68. The average Bonchev–Trinajstić information content (AvgIpc) is 3.07. The van der Waals surface area contributed by atoms with Gasteiger partial charge in [-0.15, -0.1) is 11.3 Å². The summed E-state index contributed by atoms with van der Waals surface area (Å²) in [6, 6.07) is 11.1. The molecular weight excluding hydrogens is 356 g/mol. The van der Waals surface area contributed by atoms with Gasteiger partial charge in [-0.2, -0.15) is 0 Å². The van der Waals surface area contributed by atoms with Crippen LogP contribution in [0.5, 0.6) is 0 Å². The molecule has 134 valence electrons. The molecular formula is C18H22N2O3S2. The van der Waals surface area contributed by atoms with E-state index >= 15 is 0 Å². The van der Waals surface area contributed by atoms with Crippen LogP contribution in [-0.4, -0.2) is 56.6 Å². The molecule has 0 atom stereocenters. The Morgan fingerprint density at radius 3 is 2.32 bits per heavy atom. The maximum Gasteiger partial charge on any atom is 0.253 e. The third kappa shape index (κ3) is 5.14. The lowest BCUT2D eigenvalue weighted by molar-refractivity contribution is 0.0629. The average molecular weight is 379 g/mol. The van der Waals surface area contributed by atoms with Gasteiger partial charge in [-0.1, -0.05) is 18.2 Å². The van der Waals surface area contributed by atoms with Crippen LogP contribution in [0.15, 0.2) is 41.8 Å². The van der Waals surface area contributed by atoms with Gasteiger partial charge in [-0.25, -0.2) is 8.42 Å². The van der Waals surface area contributed by atoms with Gasteiger partial charge in [0.1, 0.15) is 0 Å². The minimum absolute atomic E-state index is 0.00284. The quantitative estimate of drug-likeness (QED) is 0.801. The van der Waals surface area contributed by atoms with Crippen LogP contribution < -0.4 is 0 Å². The van der Waals surface area contributed by atoms with Crippen molar-refractivity contribution in [2.45, 2.75) is 12.3 Å². The van der Waals surface area contributed by atoms with Crippen LogP contribution in [0.1, 0.15) is 20.8 Å². The molecule has 1 fully saturated rings. The molecule has 7 heteroatoms. The molecule has 1 amide bonds. The highest BCUT2D eigenvalue weighted by Crippen LogP contribution is 2.15. The second-order valence-electron chi connectivity index (χ2n) is 6.41. The Bertz CT molecular complexity index is 807. The summed E-state index contributed by atoms with van der Waals surface area (Å²) >= 11 is 1.76. The lowest BCUT2D eigenvalue weighted by Crippen LogP contribution is -2.48. The third-order valence-electron chi connectivity index (χ3n) is 4.25. The van der Waals surface area contributed by atoms with Crippen LogP contribution in [0, 0.1) is 0 Å². The van der Waals surface area contributed by atoms with E-state index in [1.807, 2.05) is 4.90 Å². The molecule has 0 spiro atoms. The van der Waals surface area contributed by atoms with Crippen LogP contribution in [0.25, 0.3) is 0 Å². The molecule has 1 saturated heterocycles. The van der Waals surface area contributed by atoms with Crippen LogP contribution in [0.2, 0.25) is 0 Å². The van der Waals surface area contributed by atoms with E-state index in [4.69, 9.17) is 0 Å². The fourth-order valence-corrected chi connectivity index (χ4v) is 4.50. The van der Waals surface area contributed by atoms with Crippen molar-refractivity contribution in [3.05, 3.63) is 57.8 Å². The van der Waals surface area contributed by atoms with Gasteiger partial charge in [0.05, 0.1) is 5.75 Å². The molecule has 1 aromatic carbocycles. The molecule has 1 aliphatic heterocycles. The topological polar surface area (TPSA) is 57.7 Å². The van der Waals surface area contributed by atoms with Crippen molar-refractivity contribution in [3.8, 4) is 0 Å². The van der Waals surface area contributed by atoms with E-state index in [0.29, 0.717) is 11.1 Å². The van der Waals surface area contributed by atoms with E-state index in [1.165, 1.54) is 11.1 Å². The number of piperazine rings is 1. The van der Waals surface area contributed by atoms with E-state index in [-0.39, 0.29) is 11.7 Å². The maximum atomic E-state index is 12.6. The van der Waals surface area contributed by atoms with E-state index < -0.39 is 9.84 Å². The number of carbonyl (C=O) groups excluding carboxylic acids is 1. The van der Waals surface area contributed by atoms with Crippen molar-refractivity contribution < 1.29 is 13.2 Å². The summed E-state index contributed by atoms with van der Waals surface area (Å²) in [5.41, 5.74) is 1.32. The SMILES string of the molecule is CS(=O)(=O)Cc1ccc(C(=O)N2CCN(Cc3cccs3)CC2)cc1. The lowest BCUT2D eigenvalue weighted by atomic mass is 10.1. The Morgan fingerprint density at radius 1 is 1.08 bits per heavy atom. The van der Waals surface area contributed by atoms with Crippen LogP contribution in [0.4, 0.5) is 0 Å². The van der Waals surface area contributed by atoms with Gasteiger partial charge in [-0.05, 0) is 29.1 Å². The predicted molar refractivity (Wildman–Crippen MR) is 100 cm³/mol. The molecule has 3 rings (SSSR count). The van der Waals surface area contributed by atoms with E-state index in [0.717, 1.165) is 32.7 Å². The molecule has 1 aliphatic rings. The molecule has 0 N–H and O–H groups in total. The molecule has 0 unspecified atom stereocenters. The zero-order chi connectivity index (χ0) is 17.9. The number of rotatable bonds is 5. The van der Waals surface area contributed by atoms with Crippen molar-refractivity contribution in [2.24, 2.45) is 0 Å². The van der Waals surface area contributed by atoms with Crippen molar-refractivity contribution in [1.82, 2.24) is 9.80 Å². The van der Waals surface area contributed by atoms with Crippen molar-refractivity contribution in [3.63, 3.8) is 0 Å². The summed E-state index contributed by atoms with van der Waals surface area (Å²) in [7, 11) is -3.06. The van der Waals surface area contributed by atoms with Gasteiger partial charge in [-0.3, -0.25) is 9.69 Å². The summed E-state index contributed by atoms with van der Waals surface area (Å²) < 4.78 is 22.7. The summed E-state index contributed by atoms with van der Waals surface area (Å²) in [5, 5.41) is 2.09. The van der Waals surface area contributed by atoms with Crippen molar-refractivity contribution in [1.29, 1.82) is 0 Å². The molecule has 25 heavy (non-hydrogen) atoms. The normalized spacial score (nSPS) is 16.1. The highest BCUT2D eigenvalue weighted by atomic mass is 32.2. The van der Waals surface area contributed by atoms with Crippen molar-refractivity contribution >= 4 is 27.1 Å². The van der Waals surface area contributed by atoms with E-state index in [1.54, 1.807) is 35.6 Å². The third-order valence-corrected chi connectivity index (χ3v) is 5.97. The van der Waals surface area contributed by atoms with Crippen LogP contribution >= 0.6 is 11.3 Å². The Kier molecular flexibility index (Phi) is 5.56. The number of carbonyl (C=O) groups is 1. The fraction of sp³-hybridized carbons (Fsp3) is 0.389. The first kappa shape index (κ1) is 18.1. The highest BCUT2D eigenvalue weighted by molar-refractivity contribution is 7.89. The minimum atomic E-state index is -3.06. The first-order valence-electron chi connectivity index (χ1n) is 8.21. The van der Waals surface area contributed by atoms with Gasteiger partial charge in [0.2, 0.25) is 0 Å². The molecule has 5 nitrogen and oxygen atoms in total. The molecule has 0 radical (unpaired) electrons. The van der Waals surface area contributed by atoms with Crippen LogP contribution in [-0.2, 0) is 22.1 Å². The summed E-state index contributed by atoms with van der Waals surface area (Å²) in [4.78, 5) is 18.2. The minimum Gasteiger partial charge on any atom is -0.336 e.